The molecule has 0 atom stereocenters. The van der Waals surface area contributed by atoms with Crippen LogP contribution in [0, 0.1) is 0 Å². The molecule has 3 heteroatoms. The Morgan fingerprint density at radius 3 is 1.96 bits per heavy atom. The van der Waals surface area contributed by atoms with Crippen molar-refractivity contribution in [1.29, 1.82) is 0 Å². The first-order valence-corrected chi connectivity index (χ1v) is 18.0. The molecule has 7 aromatic carbocycles. The number of hydrogen-bond acceptors (Lipinski definition) is 3. The van der Waals surface area contributed by atoms with Gasteiger partial charge in [0.15, 0.2) is 5.82 Å². The Kier molecular flexibility index (Phi) is 6.43. The zero-order valence-corrected chi connectivity index (χ0v) is 28.6. The van der Waals surface area contributed by atoms with Gasteiger partial charge < -0.3 is 0 Å². The third kappa shape index (κ3) is 4.47. The highest BCUT2D eigenvalue weighted by atomic mass is 32.1. The van der Waals surface area contributed by atoms with Crippen LogP contribution in [-0.4, -0.2) is 9.97 Å². The highest BCUT2D eigenvalue weighted by Gasteiger charge is 2.37. The van der Waals surface area contributed by atoms with Gasteiger partial charge in [-0.05, 0) is 74.5 Å². The minimum Gasteiger partial charge on any atom is -0.228 e. The van der Waals surface area contributed by atoms with E-state index in [0.29, 0.717) is 0 Å². The maximum atomic E-state index is 5.19. The van der Waals surface area contributed by atoms with Crippen molar-refractivity contribution in [3.8, 4) is 56.2 Å². The van der Waals surface area contributed by atoms with Crippen LogP contribution in [0.15, 0.2) is 158 Å². The van der Waals surface area contributed by atoms with E-state index in [9.17, 15) is 0 Å². The van der Waals surface area contributed by atoms with E-state index in [1.807, 2.05) is 29.5 Å². The fourth-order valence-corrected chi connectivity index (χ4v) is 9.10. The van der Waals surface area contributed by atoms with E-state index in [1.54, 1.807) is 0 Å². The largest absolute Gasteiger partial charge is 0.228 e. The van der Waals surface area contributed by atoms with E-state index in [-0.39, 0.29) is 5.41 Å². The van der Waals surface area contributed by atoms with Gasteiger partial charge in [0.2, 0.25) is 0 Å². The second-order valence-corrected chi connectivity index (χ2v) is 14.9. The molecule has 0 unspecified atom stereocenters. The minimum absolute atomic E-state index is 0.0769. The fraction of sp³-hybridized carbons (Fsp3) is 0.0638. The van der Waals surface area contributed by atoms with E-state index >= 15 is 0 Å². The third-order valence-electron chi connectivity index (χ3n) is 10.5. The van der Waals surface area contributed by atoms with Crippen LogP contribution < -0.4 is 0 Å². The number of benzene rings is 7. The zero-order chi connectivity index (χ0) is 33.4. The molecule has 1 aliphatic carbocycles. The Hall–Kier alpha value is -5.90. The van der Waals surface area contributed by atoms with Crippen molar-refractivity contribution in [3.63, 3.8) is 0 Å². The van der Waals surface area contributed by atoms with Crippen LogP contribution in [0.2, 0.25) is 0 Å². The van der Waals surface area contributed by atoms with Gasteiger partial charge in [-0.15, -0.1) is 11.3 Å². The monoisotopic (exact) mass is 656 g/mol. The second kappa shape index (κ2) is 11.1. The molecule has 0 aliphatic heterocycles. The predicted molar refractivity (Wildman–Crippen MR) is 212 cm³/mol. The molecule has 2 heterocycles. The summed E-state index contributed by atoms with van der Waals surface area (Å²) in [4.78, 5) is 10.3. The number of rotatable bonds is 4. The molecule has 0 N–H and O–H groups in total. The molecule has 0 spiro atoms. The van der Waals surface area contributed by atoms with Crippen LogP contribution in [0.1, 0.15) is 25.0 Å². The fourth-order valence-electron chi connectivity index (χ4n) is 7.97. The van der Waals surface area contributed by atoms with Gasteiger partial charge in [-0.3, -0.25) is 0 Å². The van der Waals surface area contributed by atoms with E-state index in [4.69, 9.17) is 9.97 Å². The molecular formula is C47H32N2S. The summed E-state index contributed by atoms with van der Waals surface area (Å²) in [6.07, 6.45) is 0. The number of hydrogen-bond donors (Lipinski definition) is 0. The summed E-state index contributed by atoms with van der Waals surface area (Å²) in [5, 5.41) is 5.09. The van der Waals surface area contributed by atoms with Crippen LogP contribution in [0.4, 0.5) is 0 Å². The maximum Gasteiger partial charge on any atom is 0.160 e. The quantitative estimate of drug-likeness (QED) is 0.188. The SMILES string of the molecule is CC1(C)c2cc3ccccc3cc2-c2c(-c3ccc(-c4cc(-c5cccc6sc7ccccc7c56)nc(-c5ccccc5)n4)cc3)cccc21. The third-order valence-corrected chi connectivity index (χ3v) is 11.6. The van der Waals surface area contributed by atoms with Gasteiger partial charge in [0.1, 0.15) is 0 Å². The van der Waals surface area contributed by atoms with Gasteiger partial charge in [-0.1, -0.05) is 141 Å². The van der Waals surface area contributed by atoms with Crippen molar-refractivity contribution < 1.29 is 0 Å². The van der Waals surface area contributed by atoms with Crippen LogP contribution in [0.25, 0.3) is 87.1 Å². The van der Waals surface area contributed by atoms with E-state index in [1.165, 1.54) is 64.3 Å². The van der Waals surface area contributed by atoms with Gasteiger partial charge in [0.05, 0.1) is 11.4 Å². The molecule has 2 nitrogen and oxygen atoms in total. The number of thiophene rings is 1. The summed E-state index contributed by atoms with van der Waals surface area (Å²) in [7, 11) is 0. The molecule has 0 fully saturated rings. The average molecular weight is 657 g/mol. The molecule has 236 valence electrons. The topological polar surface area (TPSA) is 25.8 Å². The van der Waals surface area contributed by atoms with E-state index < -0.39 is 0 Å². The Morgan fingerprint density at radius 2 is 1.12 bits per heavy atom. The molecular weight excluding hydrogens is 625 g/mol. The molecule has 0 radical (unpaired) electrons. The molecule has 2 aromatic heterocycles. The maximum absolute atomic E-state index is 5.19. The lowest BCUT2D eigenvalue weighted by atomic mass is 9.81. The van der Waals surface area contributed by atoms with Crippen molar-refractivity contribution in [2.45, 2.75) is 19.3 Å². The highest BCUT2D eigenvalue weighted by Crippen LogP contribution is 2.53. The summed E-state index contributed by atoms with van der Waals surface area (Å²) >= 11 is 1.83. The molecule has 0 saturated carbocycles. The smallest absolute Gasteiger partial charge is 0.160 e. The lowest BCUT2D eigenvalue weighted by Gasteiger charge is -2.22. The lowest BCUT2D eigenvalue weighted by Crippen LogP contribution is -2.14. The Labute approximate surface area is 295 Å². The van der Waals surface area contributed by atoms with Gasteiger partial charge in [-0.25, -0.2) is 9.97 Å². The summed E-state index contributed by atoms with van der Waals surface area (Å²) in [5.41, 5.74) is 12.9. The van der Waals surface area contributed by atoms with E-state index in [0.717, 1.165) is 33.9 Å². The summed E-state index contributed by atoms with van der Waals surface area (Å²) in [6.45, 7) is 4.71. The van der Waals surface area contributed by atoms with E-state index in [2.05, 4.69) is 153 Å². The molecule has 0 bridgehead atoms. The lowest BCUT2D eigenvalue weighted by molar-refractivity contribution is 0.661. The Balaban J connectivity index is 1.12. The standard InChI is InChI=1S/C47H32N2S/c1-47(2)38-19-10-17-34(44(38)37-26-32-14-6-7-15-33(32)27-39(37)47)29-22-24-30(25-23-29)40-28-41(49-46(48-40)31-12-4-3-5-13-31)35-18-11-21-43-45(35)36-16-8-9-20-42(36)50-43/h3-28H,1-2H3. The first-order chi connectivity index (χ1) is 24.5. The summed E-state index contributed by atoms with van der Waals surface area (Å²) < 4.78 is 2.55. The predicted octanol–water partition coefficient (Wildman–Crippen LogP) is 13.0. The molecule has 50 heavy (non-hydrogen) atoms. The Morgan fingerprint density at radius 1 is 0.460 bits per heavy atom. The van der Waals surface area contributed by atoms with Gasteiger partial charge in [-0.2, -0.15) is 0 Å². The van der Waals surface area contributed by atoms with Crippen LogP contribution in [0.3, 0.4) is 0 Å². The summed E-state index contributed by atoms with van der Waals surface area (Å²) in [5.74, 6) is 0.727. The number of nitrogens with zero attached hydrogens (tertiary/aromatic N) is 2. The summed E-state index contributed by atoms with van der Waals surface area (Å²) in [6, 6.07) is 56.9. The second-order valence-electron chi connectivity index (χ2n) is 13.8. The molecule has 1 aliphatic rings. The number of fused-ring (bicyclic) bond motifs is 7. The van der Waals surface area contributed by atoms with Gasteiger partial charge >= 0.3 is 0 Å². The van der Waals surface area contributed by atoms with Crippen molar-refractivity contribution in [3.05, 3.63) is 169 Å². The molecule has 9 aromatic rings. The van der Waals surface area contributed by atoms with Crippen molar-refractivity contribution in [2.24, 2.45) is 0 Å². The van der Waals surface area contributed by atoms with Crippen LogP contribution >= 0.6 is 11.3 Å². The number of aromatic nitrogens is 2. The van der Waals surface area contributed by atoms with Crippen LogP contribution in [0.5, 0.6) is 0 Å². The normalized spacial score (nSPS) is 13.2. The molecule has 10 rings (SSSR count). The zero-order valence-electron chi connectivity index (χ0n) is 27.8. The minimum atomic E-state index is -0.0769. The van der Waals surface area contributed by atoms with Gasteiger partial charge in [0.25, 0.3) is 0 Å². The van der Waals surface area contributed by atoms with Crippen molar-refractivity contribution >= 4 is 42.3 Å². The molecule has 0 amide bonds. The van der Waals surface area contributed by atoms with Crippen molar-refractivity contribution in [1.82, 2.24) is 9.97 Å². The van der Waals surface area contributed by atoms with Crippen LogP contribution in [-0.2, 0) is 5.41 Å². The highest BCUT2D eigenvalue weighted by molar-refractivity contribution is 7.25. The first-order valence-electron chi connectivity index (χ1n) is 17.2. The average Bonchev–Trinajstić information content (AvgIpc) is 3.66. The Bertz CT molecular complexity index is 2770. The van der Waals surface area contributed by atoms with Gasteiger partial charge in [0, 0.05) is 42.3 Å². The molecule has 0 saturated heterocycles. The van der Waals surface area contributed by atoms with Crippen molar-refractivity contribution in [2.75, 3.05) is 0 Å². The first kappa shape index (κ1) is 29.1.